The zero-order valence-corrected chi connectivity index (χ0v) is 7.92. The quantitative estimate of drug-likeness (QED) is 0.811. The summed E-state index contributed by atoms with van der Waals surface area (Å²) < 4.78 is 0.481. The van der Waals surface area contributed by atoms with Crippen LogP contribution >= 0.6 is 15.9 Å². The summed E-state index contributed by atoms with van der Waals surface area (Å²) in [7, 11) is 1.68. The van der Waals surface area contributed by atoms with Gasteiger partial charge in [0.2, 0.25) is 0 Å². The predicted molar refractivity (Wildman–Crippen MR) is 48.4 cm³/mol. The summed E-state index contributed by atoms with van der Waals surface area (Å²) in [5, 5.41) is 11.4. The van der Waals surface area contributed by atoms with Crippen LogP contribution in [0.3, 0.4) is 0 Å². The van der Waals surface area contributed by atoms with Crippen molar-refractivity contribution in [2.45, 2.75) is 0 Å². The lowest BCUT2D eigenvalue weighted by atomic mass is 10.3. The van der Waals surface area contributed by atoms with E-state index < -0.39 is 5.97 Å². The van der Waals surface area contributed by atoms with E-state index >= 15 is 0 Å². The van der Waals surface area contributed by atoms with Gasteiger partial charge in [-0.1, -0.05) is 0 Å². The van der Waals surface area contributed by atoms with E-state index in [1.54, 1.807) is 19.2 Å². The first kappa shape index (κ1) is 8.99. The highest BCUT2D eigenvalue weighted by Gasteiger charge is 2.09. The highest BCUT2D eigenvalue weighted by molar-refractivity contribution is 9.10. The molecule has 2 N–H and O–H groups in total. The maximum absolute atomic E-state index is 10.6. The molecule has 0 bridgehead atoms. The Kier molecular flexibility index (Phi) is 2.65. The third-order valence-electron chi connectivity index (χ3n) is 1.30. The molecular weight excluding hydrogens is 224 g/mol. The van der Waals surface area contributed by atoms with Crippen molar-refractivity contribution < 1.29 is 9.90 Å². The number of pyridine rings is 1. The van der Waals surface area contributed by atoms with Crippen molar-refractivity contribution in [3.05, 3.63) is 22.3 Å². The third-order valence-corrected chi connectivity index (χ3v) is 1.94. The van der Waals surface area contributed by atoms with Gasteiger partial charge in [0.25, 0.3) is 0 Å². The fourth-order valence-electron chi connectivity index (χ4n) is 0.731. The minimum Gasteiger partial charge on any atom is -0.476 e. The van der Waals surface area contributed by atoms with Gasteiger partial charge in [-0.2, -0.15) is 0 Å². The summed E-state index contributed by atoms with van der Waals surface area (Å²) in [5.74, 6) is -0.505. The highest BCUT2D eigenvalue weighted by atomic mass is 79.9. The summed E-state index contributed by atoms with van der Waals surface area (Å²) in [5.41, 5.74) is 0.0156. The summed E-state index contributed by atoms with van der Waals surface area (Å²) in [6, 6.07) is 3.33. The van der Waals surface area contributed by atoms with E-state index in [-0.39, 0.29) is 5.69 Å². The van der Waals surface area contributed by atoms with Gasteiger partial charge in [-0.3, -0.25) is 0 Å². The Labute approximate surface area is 77.8 Å². The number of hydrogen-bond donors (Lipinski definition) is 2. The van der Waals surface area contributed by atoms with E-state index in [9.17, 15) is 4.79 Å². The number of aromatic nitrogens is 1. The first-order valence-electron chi connectivity index (χ1n) is 3.22. The van der Waals surface area contributed by atoms with Crippen LogP contribution in [-0.2, 0) is 0 Å². The topological polar surface area (TPSA) is 62.2 Å². The molecule has 0 radical (unpaired) electrons. The maximum Gasteiger partial charge on any atom is 0.355 e. The number of halogens is 1. The Hall–Kier alpha value is -1.10. The number of hydrogen-bond acceptors (Lipinski definition) is 3. The van der Waals surface area contributed by atoms with Crippen LogP contribution in [0, 0.1) is 0 Å². The van der Waals surface area contributed by atoms with Crippen molar-refractivity contribution in [3.8, 4) is 0 Å². The van der Waals surface area contributed by atoms with E-state index in [2.05, 4.69) is 26.2 Å². The molecule has 12 heavy (non-hydrogen) atoms. The van der Waals surface area contributed by atoms with Crippen molar-refractivity contribution in [3.63, 3.8) is 0 Å². The molecule has 1 heterocycles. The monoisotopic (exact) mass is 230 g/mol. The zero-order chi connectivity index (χ0) is 9.14. The Morgan fingerprint density at radius 2 is 2.33 bits per heavy atom. The smallest absolute Gasteiger partial charge is 0.355 e. The van der Waals surface area contributed by atoms with E-state index in [0.29, 0.717) is 10.3 Å². The molecule has 0 fully saturated rings. The molecule has 0 saturated carbocycles. The molecule has 1 rings (SSSR count). The third kappa shape index (κ3) is 1.73. The molecule has 0 atom stereocenters. The summed E-state index contributed by atoms with van der Waals surface area (Å²) >= 11 is 3.09. The Bertz CT molecular complexity index is 314. The number of rotatable bonds is 2. The van der Waals surface area contributed by atoms with E-state index in [1.807, 2.05) is 0 Å². The predicted octanol–water partition coefficient (Wildman–Crippen LogP) is 1.58. The van der Waals surface area contributed by atoms with Crippen molar-refractivity contribution >= 4 is 27.7 Å². The van der Waals surface area contributed by atoms with Crippen molar-refractivity contribution in [2.24, 2.45) is 0 Å². The molecule has 0 aliphatic carbocycles. The molecule has 64 valence electrons. The molecule has 0 spiro atoms. The van der Waals surface area contributed by atoms with Gasteiger partial charge in [0.05, 0.1) is 4.47 Å². The van der Waals surface area contributed by atoms with Crippen molar-refractivity contribution in [1.29, 1.82) is 0 Å². The van der Waals surface area contributed by atoms with Gasteiger partial charge in [0.15, 0.2) is 5.69 Å². The number of nitrogens with one attached hydrogen (secondary N) is 1. The van der Waals surface area contributed by atoms with Crippen LogP contribution in [-0.4, -0.2) is 23.1 Å². The molecule has 0 amide bonds. The molecule has 4 nitrogen and oxygen atoms in total. The number of anilines is 1. The van der Waals surface area contributed by atoms with Gasteiger partial charge in [-0.15, -0.1) is 0 Å². The van der Waals surface area contributed by atoms with Crippen LogP contribution < -0.4 is 5.32 Å². The van der Waals surface area contributed by atoms with Gasteiger partial charge < -0.3 is 10.4 Å². The molecule has 0 unspecified atom stereocenters. The largest absolute Gasteiger partial charge is 0.476 e. The number of carboxylic acids is 1. The molecule has 0 aromatic carbocycles. The van der Waals surface area contributed by atoms with Crippen LogP contribution in [0.2, 0.25) is 0 Å². The van der Waals surface area contributed by atoms with Gasteiger partial charge in [-0.25, -0.2) is 9.78 Å². The lowest BCUT2D eigenvalue weighted by molar-refractivity contribution is 0.0689. The fourth-order valence-corrected chi connectivity index (χ4v) is 1.12. The first-order chi connectivity index (χ1) is 5.65. The van der Waals surface area contributed by atoms with Gasteiger partial charge >= 0.3 is 5.97 Å². The van der Waals surface area contributed by atoms with Crippen LogP contribution in [0.1, 0.15) is 10.5 Å². The van der Waals surface area contributed by atoms with Crippen LogP contribution in [0.25, 0.3) is 0 Å². The Morgan fingerprint density at radius 1 is 1.67 bits per heavy atom. The van der Waals surface area contributed by atoms with Gasteiger partial charge in [0, 0.05) is 7.05 Å². The molecule has 5 heteroatoms. The minimum absolute atomic E-state index is 0.0156. The van der Waals surface area contributed by atoms with Crippen molar-refractivity contribution in [2.75, 3.05) is 12.4 Å². The second-order valence-electron chi connectivity index (χ2n) is 2.08. The van der Waals surface area contributed by atoms with Gasteiger partial charge in [0.1, 0.15) is 5.82 Å². The van der Waals surface area contributed by atoms with E-state index in [0.717, 1.165) is 0 Å². The minimum atomic E-state index is -1.04. The van der Waals surface area contributed by atoms with Gasteiger partial charge in [-0.05, 0) is 28.1 Å². The standard InChI is InChI=1S/C7H7BrN2O2/c1-9-5-3-2-4(8)6(10-5)7(11)12/h2-3H,1H3,(H,9,10)(H,11,12). The lowest BCUT2D eigenvalue weighted by Gasteiger charge is -2.01. The van der Waals surface area contributed by atoms with Crippen molar-refractivity contribution in [1.82, 2.24) is 4.98 Å². The Morgan fingerprint density at radius 3 is 2.83 bits per heavy atom. The summed E-state index contributed by atoms with van der Waals surface area (Å²) in [6.45, 7) is 0. The first-order valence-corrected chi connectivity index (χ1v) is 4.02. The average Bonchev–Trinajstić information content (AvgIpc) is 2.05. The second kappa shape index (κ2) is 3.53. The van der Waals surface area contributed by atoms with E-state index in [4.69, 9.17) is 5.11 Å². The molecule has 1 aromatic heterocycles. The molecule has 0 aliphatic heterocycles. The number of aromatic carboxylic acids is 1. The second-order valence-corrected chi connectivity index (χ2v) is 2.94. The SMILES string of the molecule is CNc1ccc(Br)c(C(=O)O)n1. The maximum atomic E-state index is 10.6. The zero-order valence-electron chi connectivity index (χ0n) is 6.34. The van der Waals surface area contributed by atoms with Crippen LogP contribution in [0.4, 0.5) is 5.82 Å². The normalized spacial score (nSPS) is 9.50. The highest BCUT2D eigenvalue weighted by Crippen LogP contribution is 2.16. The number of carbonyl (C=O) groups is 1. The summed E-state index contributed by atoms with van der Waals surface area (Å²) in [4.78, 5) is 14.4. The summed E-state index contributed by atoms with van der Waals surface area (Å²) in [6.07, 6.45) is 0. The Balaban J connectivity index is 3.17. The molecule has 0 aliphatic rings. The lowest BCUT2D eigenvalue weighted by Crippen LogP contribution is -2.03. The number of nitrogens with zero attached hydrogens (tertiary/aromatic N) is 1. The number of carboxylic acid groups (broad SMARTS) is 1. The molecule has 0 saturated heterocycles. The van der Waals surface area contributed by atoms with E-state index in [1.165, 1.54) is 0 Å². The molecule has 1 aromatic rings. The molecular formula is C7H7BrN2O2. The van der Waals surface area contributed by atoms with Crippen LogP contribution in [0.5, 0.6) is 0 Å². The van der Waals surface area contributed by atoms with Crippen LogP contribution in [0.15, 0.2) is 16.6 Å². The fraction of sp³-hybridized carbons (Fsp3) is 0.143. The average molecular weight is 231 g/mol.